The molecular formula is C14H12BrClN5P. The maximum Gasteiger partial charge on any atom is 0.224 e. The van der Waals surface area contributed by atoms with Crippen molar-refractivity contribution in [1.29, 1.82) is 0 Å². The predicted molar refractivity (Wildman–Crippen MR) is 96.0 cm³/mol. The average molecular weight is 397 g/mol. The topological polar surface area (TPSA) is 63.6 Å². The molecule has 0 amide bonds. The van der Waals surface area contributed by atoms with E-state index in [1.165, 1.54) is 0 Å². The summed E-state index contributed by atoms with van der Waals surface area (Å²) in [5.41, 5.74) is 2.76. The number of benzene rings is 1. The van der Waals surface area contributed by atoms with Crippen LogP contribution in [0.2, 0.25) is 5.28 Å². The third-order valence-electron chi connectivity index (χ3n) is 3.03. The molecule has 0 spiro atoms. The Bertz CT molecular complexity index is 843. The molecule has 5 nitrogen and oxygen atoms in total. The monoisotopic (exact) mass is 395 g/mol. The molecule has 2 heterocycles. The van der Waals surface area contributed by atoms with Gasteiger partial charge in [0.15, 0.2) is 0 Å². The lowest BCUT2D eigenvalue weighted by Crippen LogP contribution is -2.11. The van der Waals surface area contributed by atoms with Crippen LogP contribution < -0.4 is 10.6 Å². The maximum atomic E-state index is 5.88. The van der Waals surface area contributed by atoms with Gasteiger partial charge in [0, 0.05) is 29.6 Å². The third kappa shape index (κ3) is 3.05. The highest BCUT2D eigenvalue weighted by molar-refractivity contribution is 9.10. The normalized spacial score (nSPS) is 11.1. The molecule has 0 radical (unpaired) electrons. The highest BCUT2D eigenvalue weighted by Crippen LogP contribution is 2.34. The van der Waals surface area contributed by atoms with Gasteiger partial charge < -0.3 is 5.32 Å². The number of aromatic nitrogens is 4. The van der Waals surface area contributed by atoms with E-state index in [-0.39, 0.29) is 13.2 Å². The summed E-state index contributed by atoms with van der Waals surface area (Å²) >= 11 is 9.31. The molecule has 0 unspecified atom stereocenters. The molecule has 3 rings (SSSR count). The fraction of sp³-hybridized carbons (Fsp3) is 0.143. The molecule has 0 atom stereocenters. The zero-order valence-corrected chi connectivity index (χ0v) is 15.1. The second kappa shape index (κ2) is 6.41. The van der Waals surface area contributed by atoms with E-state index in [4.69, 9.17) is 11.6 Å². The Morgan fingerprint density at radius 1 is 1.14 bits per heavy atom. The molecule has 2 aromatic heterocycles. The van der Waals surface area contributed by atoms with E-state index in [1.54, 1.807) is 18.6 Å². The van der Waals surface area contributed by atoms with Crippen molar-refractivity contribution in [3.05, 3.63) is 40.5 Å². The molecule has 0 bridgehead atoms. The van der Waals surface area contributed by atoms with Crippen LogP contribution in [0.5, 0.6) is 0 Å². The lowest BCUT2D eigenvalue weighted by Gasteiger charge is -2.16. The van der Waals surface area contributed by atoms with Crippen LogP contribution in [0.3, 0.4) is 0 Å². The van der Waals surface area contributed by atoms with E-state index in [9.17, 15) is 0 Å². The number of nitrogens with one attached hydrogen (secondary N) is 1. The Labute approximate surface area is 142 Å². The summed E-state index contributed by atoms with van der Waals surface area (Å²) in [5.74, 6) is 0.626. The Morgan fingerprint density at radius 2 is 1.91 bits per heavy atom. The van der Waals surface area contributed by atoms with Gasteiger partial charge >= 0.3 is 0 Å². The van der Waals surface area contributed by atoms with Crippen molar-refractivity contribution >= 4 is 63.3 Å². The van der Waals surface area contributed by atoms with E-state index in [1.807, 2.05) is 12.1 Å². The molecule has 0 fully saturated rings. The Morgan fingerprint density at radius 3 is 2.68 bits per heavy atom. The van der Waals surface area contributed by atoms with Crippen LogP contribution in [-0.4, -0.2) is 33.3 Å². The first kappa shape index (κ1) is 15.5. The minimum atomic E-state index is -0.386. The number of hydrogen-bond acceptors (Lipinski definition) is 5. The zero-order valence-electron chi connectivity index (χ0n) is 11.9. The molecule has 0 aliphatic rings. The molecule has 8 heteroatoms. The standard InChI is InChI=1S/C14H12BrClN5P/c1-22(2)12-10(4-3-9-11(12)18-6-5-17-9)20-13-8(15)7-19-14(16)21-13/h3-7H,1-2H3,(H,19,20,21). The fourth-order valence-corrected chi connectivity index (χ4v) is 3.77. The lowest BCUT2D eigenvalue weighted by atomic mass is 10.2. The molecule has 1 N–H and O–H groups in total. The summed E-state index contributed by atoms with van der Waals surface area (Å²) in [6.45, 7) is 4.37. The van der Waals surface area contributed by atoms with Gasteiger partial charge in [-0.05, 0) is 53.0 Å². The first-order valence-corrected chi connectivity index (χ1v) is 9.83. The van der Waals surface area contributed by atoms with E-state index >= 15 is 0 Å². The number of rotatable bonds is 3. The van der Waals surface area contributed by atoms with Gasteiger partial charge in [0.2, 0.25) is 5.28 Å². The van der Waals surface area contributed by atoms with Gasteiger partial charge in [-0.1, -0.05) is 7.92 Å². The second-order valence-corrected chi connectivity index (χ2v) is 8.17. The van der Waals surface area contributed by atoms with Crippen molar-refractivity contribution in [2.45, 2.75) is 0 Å². The first-order valence-electron chi connectivity index (χ1n) is 6.42. The van der Waals surface area contributed by atoms with Crippen LogP contribution >= 0.6 is 35.5 Å². The maximum absolute atomic E-state index is 5.88. The molecule has 0 saturated heterocycles. The Hall–Kier alpha value is -1.36. The summed E-state index contributed by atoms with van der Waals surface area (Å²) in [6.07, 6.45) is 5.04. The number of halogens is 2. The summed E-state index contributed by atoms with van der Waals surface area (Å²) in [4.78, 5) is 17.0. The number of nitrogens with zero attached hydrogens (tertiary/aromatic N) is 4. The van der Waals surface area contributed by atoms with Gasteiger partial charge in [-0.3, -0.25) is 9.97 Å². The Balaban J connectivity index is 2.14. The largest absolute Gasteiger partial charge is 0.339 e. The number of hydrogen-bond donors (Lipinski definition) is 1. The van der Waals surface area contributed by atoms with Crippen molar-refractivity contribution in [1.82, 2.24) is 19.9 Å². The lowest BCUT2D eigenvalue weighted by molar-refractivity contribution is 1.15. The molecule has 112 valence electrons. The van der Waals surface area contributed by atoms with Gasteiger partial charge in [0.1, 0.15) is 5.82 Å². The molecular weight excluding hydrogens is 385 g/mol. The molecule has 0 saturated carbocycles. The summed E-state index contributed by atoms with van der Waals surface area (Å²) in [6, 6.07) is 3.95. The van der Waals surface area contributed by atoms with Crippen LogP contribution in [0, 0.1) is 0 Å². The SMILES string of the molecule is CP(C)c1c(Nc2nc(Cl)ncc2Br)ccc2nccnc12. The highest BCUT2D eigenvalue weighted by atomic mass is 79.9. The Kier molecular flexibility index (Phi) is 4.52. The van der Waals surface area contributed by atoms with Gasteiger partial charge in [-0.2, -0.15) is 4.98 Å². The van der Waals surface area contributed by atoms with Crippen molar-refractivity contribution in [2.24, 2.45) is 0 Å². The van der Waals surface area contributed by atoms with Crippen molar-refractivity contribution in [2.75, 3.05) is 18.6 Å². The van der Waals surface area contributed by atoms with Gasteiger partial charge in [0.05, 0.1) is 15.5 Å². The van der Waals surface area contributed by atoms with Crippen molar-refractivity contribution in [3.8, 4) is 0 Å². The van der Waals surface area contributed by atoms with E-state index in [0.29, 0.717) is 5.82 Å². The summed E-state index contributed by atoms with van der Waals surface area (Å²) in [7, 11) is -0.386. The smallest absolute Gasteiger partial charge is 0.224 e. The van der Waals surface area contributed by atoms with Crippen LogP contribution in [0.15, 0.2) is 35.2 Å². The van der Waals surface area contributed by atoms with Crippen LogP contribution in [0.25, 0.3) is 11.0 Å². The molecule has 22 heavy (non-hydrogen) atoms. The minimum Gasteiger partial charge on any atom is -0.339 e. The predicted octanol–water partition coefficient (Wildman–Crippen LogP) is 3.95. The minimum absolute atomic E-state index is 0.197. The van der Waals surface area contributed by atoms with Crippen LogP contribution in [0.4, 0.5) is 11.5 Å². The van der Waals surface area contributed by atoms with Crippen LogP contribution in [-0.2, 0) is 0 Å². The fourth-order valence-electron chi connectivity index (χ4n) is 2.14. The molecule has 1 aromatic carbocycles. The summed E-state index contributed by atoms with van der Waals surface area (Å²) in [5, 5.41) is 4.67. The number of fused-ring (bicyclic) bond motifs is 1. The summed E-state index contributed by atoms with van der Waals surface area (Å²) < 4.78 is 0.749. The molecule has 0 aliphatic carbocycles. The van der Waals surface area contributed by atoms with Crippen LogP contribution in [0.1, 0.15) is 0 Å². The average Bonchev–Trinajstić information content (AvgIpc) is 2.50. The highest BCUT2D eigenvalue weighted by Gasteiger charge is 2.14. The second-order valence-electron chi connectivity index (χ2n) is 4.74. The van der Waals surface area contributed by atoms with Gasteiger partial charge in [0.25, 0.3) is 0 Å². The third-order valence-corrected chi connectivity index (χ3v) is 5.14. The van der Waals surface area contributed by atoms with E-state index in [2.05, 4.69) is 54.5 Å². The quantitative estimate of drug-likeness (QED) is 0.536. The van der Waals surface area contributed by atoms with Gasteiger partial charge in [-0.25, -0.2) is 4.98 Å². The first-order chi connectivity index (χ1) is 10.6. The van der Waals surface area contributed by atoms with Crippen molar-refractivity contribution < 1.29 is 0 Å². The molecule has 0 aliphatic heterocycles. The van der Waals surface area contributed by atoms with Crippen molar-refractivity contribution in [3.63, 3.8) is 0 Å². The molecule has 3 aromatic rings. The van der Waals surface area contributed by atoms with E-state index < -0.39 is 0 Å². The zero-order chi connectivity index (χ0) is 15.7. The number of anilines is 2. The van der Waals surface area contributed by atoms with Gasteiger partial charge in [-0.15, -0.1) is 0 Å². The van der Waals surface area contributed by atoms with E-state index in [0.717, 1.165) is 26.5 Å².